The van der Waals surface area contributed by atoms with Crippen LogP contribution in [-0.2, 0) is 10.3 Å². The minimum Gasteiger partial charge on any atom is -0.494 e. The van der Waals surface area contributed by atoms with Gasteiger partial charge in [-0.25, -0.2) is 4.39 Å². The minimum atomic E-state index is -1.10. The molecule has 1 aromatic rings. The molecular weight excluding hydrogens is 247 g/mol. The molecular formula is C15H19FO3. The summed E-state index contributed by atoms with van der Waals surface area (Å²) in [7, 11) is 0. The highest BCUT2D eigenvalue weighted by molar-refractivity contribution is 5.33. The van der Waals surface area contributed by atoms with E-state index in [4.69, 9.17) is 9.47 Å². The highest BCUT2D eigenvalue weighted by Gasteiger charge is 2.45. The Kier molecular flexibility index (Phi) is 3.23. The Hall–Kier alpha value is -1.13. The summed E-state index contributed by atoms with van der Waals surface area (Å²) in [4.78, 5) is 0. The second-order valence-electron chi connectivity index (χ2n) is 5.47. The molecule has 0 spiro atoms. The predicted molar refractivity (Wildman–Crippen MR) is 68.6 cm³/mol. The number of aliphatic hydroxyl groups is 1. The maximum atomic E-state index is 14.2. The van der Waals surface area contributed by atoms with Crippen molar-refractivity contribution in [3.8, 4) is 5.75 Å². The molecule has 3 rings (SSSR count). The van der Waals surface area contributed by atoms with Crippen LogP contribution in [0.1, 0.15) is 38.2 Å². The summed E-state index contributed by atoms with van der Waals surface area (Å²) in [6.07, 6.45) is 3.02. The van der Waals surface area contributed by atoms with Crippen LogP contribution in [0, 0.1) is 5.82 Å². The fourth-order valence-electron chi connectivity index (χ4n) is 3.27. The van der Waals surface area contributed by atoms with Gasteiger partial charge in [-0.15, -0.1) is 0 Å². The van der Waals surface area contributed by atoms with Crippen LogP contribution in [0.5, 0.6) is 5.75 Å². The fraction of sp³-hybridized carbons (Fsp3) is 0.600. The smallest absolute Gasteiger partial charge is 0.132 e. The summed E-state index contributed by atoms with van der Waals surface area (Å²) in [6.45, 7) is 2.36. The standard InChI is InChI=1S/C15H19FO3/c1-2-18-10-5-6-13(14(16)7-10)15(17)8-11-3-4-12(9-15)19-11/h5-7,11-12,17H,2-4,8-9H2,1H3. The van der Waals surface area contributed by atoms with E-state index in [1.807, 2.05) is 6.92 Å². The van der Waals surface area contributed by atoms with Crippen molar-refractivity contribution in [1.29, 1.82) is 0 Å². The lowest BCUT2D eigenvalue weighted by Crippen LogP contribution is -2.39. The van der Waals surface area contributed by atoms with E-state index >= 15 is 0 Å². The van der Waals surface area contributed by atoms with Gasteiger partial charge in [0, 0.05) is 24.5 Å². The number of halogens is 1. The van der Waals surface area contributed by atoms with Gasteiger partial charge in [0.1, 0.15) is 11.6 Å². The highest BCUT2D eigenvalue weighted by Crippen LogP contribution is 2.44. The van der Waals surface area contributed by atoms with E-state index in [1.54, 1.807) is 12.1 Å². The van der Waals surface area contributed by atoms with Gasteiger partial charge in [0.25, 0.3) is 0 Å². The largest absolute Gasteiger partial charge is 0.494 e. The molecule has 19 heavy (non-hydrogen) atoms. The third-order valence-corrected chi connectivity index (χ3v) is 4.08. The first-order valence-electron chi connectivity index (χ1n) is 6.91. The number of benzene rings is 1. The van der Waals surface area contributed by atoms with E-state index in [2.05, 4.69) is 0 Å². The van der Waals surface area contributed by atoms with E-state index in [0.717, 1.165) is 12.8 Å². The number of hydrogen-bond acceptors (Lipinski definition) is 3. The second kappa shape index (κ2) is 4.76. The van der Waals surface area contributed by atoms with Crippen molar-refractivity contribution in [1.82, 2.24) is 0 Å². The lowest BCUT2D eigenvalue weighted by Gasteiger charge is -2.37. The molecule has 2 heterocycles. The molecule has 2 atom stereocenters. The van der Waals surface area contributed by atoms with Gasteiger partial charge < -0.3 is 14.6 Å². The van der Waals surface area contributed by atoms with Gasteiger partial charge in [-0.05, 0) is 31.9 Å². The van der Waals surface area contributed by atoms with Crippen molar-refractivity contribution in [2.45, 2.75) is 50.4 Å². The van der Waals surface area contributed by atoms with E-state index < -0.39 is 11.4 Å². The SMILES string of the molecule is CCOc1ccc(C2(O)CC3CCC(C2)O3)c(F)c1. The molecule has 2 saturated heterocycles. The van der Waals surface area contributed by atoms with Gasteiger partial charge in [0.15, 0.2) is 0 Å². The van der Waals surface area contributed by atoms with E-state index in [-0.39, 0.29) is 12.2 Å². The Morgan fingerprint density at radius 3 is 2.63 bits per heavy atom. The van der Waals surface area contributed by atoms with Gasteiger partial charge in [0.05, 0.1) is 24.4 Å². The Morgan fingerprint density at radius 2 is 2.05 bits per heavy atom. The van der Waals surface area contributed by atoms with Gasteiger partial charge in [-0.2, -0.15) is 0 Å². The Balaban J connectivity index is 1.88. The summed E-state index contributed by atoms with van der Waals surface area (Å²) < 4.78 is 25.2. The van der Waals surface area contributed by atoms with Crippen molar-refractivity contribution >= 4 is 0 Å². The van der Waals surface area contributed by atoms with Crippen LogP contribution < -0.4 is 4.74 Å². The van der Waals surface area contributed by atoms with Crippen LogP contribution in [0.4, 0.5) is 4.39 Å². The molecule has 2 bridgehead atoms. The first-order chi connectivity index (χ1) is 9.10. The molecule has 0 aromatic heterocycles. The Bertz CT molecular complexity index is 462. The van der Waals surface area contributed by atoms with E-state index in [1.165, 1.54) is 6.07 Å². The summed E-state index contributed by atoms with van der Waals surface area (Å²) in [5.41, 5.74) is -0.727. The lowest BCUT2D eigenvalue weighted by atomic mass is 9.83. The number of hydrogen-bond donors (Lipinski definition) is 1. The highest BCUT2D eigenvalue weighted by atomic mass is 19.1. The van der Waals surface area contributed by atoms with Crippen LogP contribution in [-0.4, -0.2) is 23.9 Å². The zero-order chi connectivity index (χ0) is 13.5. The maximum Gasteiger partial charge on any atom is 0.132 e. The average Bonchev–Trinajstić information content (AvgIpc) is 2.69. The molecule has 0 amide bonds. The number of ether oxygens (including phenoxy) is 2. The monoisotopic (exact) mass is 266 g/mol. The third kappa shape index (κ3) is 2.35. The molecule has 1 N–H and O–H groups in total. The molecule has 4 heteroatoms. The number of rotatable bonds is 3. The van der Waals surface area contributed by atoms with Gasteiger partial charge in [-0.3, -0.25) is 0 Å². The van der Waals surface area contributed by atoms with Crippen molar-refractivity contribution in [3.05, 3.63) is 29.6 Å². The third-order valence-electron chi connectivity index (χ3n) is 4.08. The van der Waals surface area contributed by atoms with Crippen LogP contribution >= 0.6 is 0 Å². The Labute approximate surface area is 112 Å². The summed E-state index contributed by atoms with van der Waals surface area (Å²) >= 11 is 0. The summed E-state index contributed by atoms with van der Waals surface area (Å²) in [5.74, 6) is 0.108. The molecule has 0 radical (unpaired) electrons. The zero-order valence-electron chi connectivity index (χ0n) is 11.1. The average molecular weight is 266 g/mol. The second-order valence-corrected chi connectivity index (χ2v) is 5.47. The first kappa shape index (κ1) is 12.9. The van der Waals surface area contributed by atoms with Crippen molar-refractivity contribution in [3.63, 3.8) is 0 Å². The molecule has 104 valence electrons. The molecule has 0 aliphatic carbocycles. The molecule has 0 saturated carbocycles. The van der Waals surface area contributed by atoms with Crippen molar-refractivity contribution in [2.75, 3.05) is 6.61 Å². The van der Waals surface area contributed by atoms with Gasteiger partial charge >= 0.3 is 0 Å². The zero-order valence-corrected chi connectivity index (χ0v) is 11.1. The molecule has 1 aromatic carbocycles. The summed E-state index contributed by atoms with van der Waals surface area (Å²) in [5, 5.41) is 10.8. The lowest BCUT2D eigenvalue weighted by molar-refractivity contribution is -0.116. The van der Waals surface area contributed by atoms with Gasteiger partial charge in [0.2, 0.25) is 0 Å². The molecule has 2 fully saturated rings. The van der Waals surface area contributed by atoms with Crippen molar-refractivity contribution < 1.29 is 19.0 Å². The van der Waals surface area contributed by atoms with E-state index in [9.17, 15) is 9.50 Å². The maximum absolute atomic E-state index is 14.2. The minimum absolute atomic E-state index is 0.0646. The topological polar surface area (TPSA) is 38.7 Å². The Morgan fingerprint density at radius 1 is 1.37 bits per heavy atom. The van der Waals surface area contributed by atoms with Crippen LogP contribution in [0.2, 0.25) is 0 Å². The molecule has 3 nitrogen and oxygen atoms in total. The van der Waals surface area contributed by atoms with Crippen LogP contribution in [0.3, 0.4) is 0 Å². The van der Waals surface area contributed by atoms with Crippen molar-refractivity contribution in [2.24, 2.45) is 0 Å². The van der Waals surface area contributed by atoms with Crippen LogP contribution in [0.25, 0.3) is 0 Å². The molecule has 2 unspecified atom stereocenters. The summed E-state index contributed by atoms with van der Waals surface area (Å²) in [6, 6.07) is 4.72. The number of fused-ring (bicyclic) bond motifs is 2. The molecule has 2 aliphatic rings. The van der Waals surface area contributed by atoms with E-state index in [0.29, 0.717) is 30.8 Å². The quantitative estimate of drug-likeness (QED) is 0.914. The first-order valence-corrected chi connectivity index (χ1v) is 6.91. The fourth-order valence-corrected chi connectivity index (χ4v) is 3.27. The van der Waals surface area contributed by atoms with Gasteiger partial charge in [-0.1, -0.05) is 0 Å². The molecule has 2 aliphatic heterocycles. The van der Waals surface area contributed by atoms with Crippen LogP contribution in [0.15, 0.2) is 18.2 Å². The normalized spacial score (nSPS) is 33.4. The predicted octanol–water partition coefficient (Wildman–Crippen LogP) is 2.75.